The Kier molecular flexibility index (Phi) is 4.93. The summed E-state index contributed by atoms with van der Waals surface area (Å²) in [5, 5.41) is 4.52. The molecule has 0 aliphatic heterocycles. The lowest BCUT2D eigenvalue weighted by atomic mass is 10.2. The SMILES string of the molecule is CCC(C)NCc1cnc(-c2cccc(OC)c2)s1. The highest BCUT2D eigenvalue weighted by Crippen LogP contribution is 2.27. The number of hydrogen-bond acceptors (Lipinski definition) is 4. The van der Waals surface area contributed by atoms with Crippen molar-refractivity contribution in [1.29, 1.82) is 0 Å². The minimum atomic E-state index is 0.544. The van der Waals surface area contributed by atoms with Gasteiger partial charge in [0.05, 0.1) is 7.11 Å². The van der Waals surface area contributed by atoms with E-state index in [9.17, 15) is 0 Å². The molecule has 0 radical (unpaired) electrons. The third-order valence-corrected chi connectivity index (χ3v) is 4.15. The van der Waals surface area contributed by atoms with E-state index in [1.165, 1.54) is 4.88 Å². The van der Waals surface area contributed by atoms with Gasteiger partial charge in [-0.05, 0) is 25.5 Å². The highest BCUT2D eigenvalue weighted by atomic mass is 32.1. The maximum Gasteiger partial charge on any atom is 0.123 e. The van der Waals surface area contributed by atoms with Gasteiger partial charge >= 0.3 is 0 Å². The van der Waals surface area contributed by atoms with E-state index in [2.05, 4.69) is 30.2 Å². The molecule has 0 amide bonds. The Labute approximate surface area is 118 Å². The largest absolute Gasteiger partial charge is 0.497 e. The van der Waals surface area contributed by atoms with Crippen LogP contribution < -0.4 is 10.1 Å². The van der Waals surface area contributed by atoms with Crippen LogP contribution in [0.5, 0.6) is 5.75 Å². The van der Waals surface area contributed by atoms with Gasteiger partial charge in [0.1, 0.15) is 10.8 Å². The monoisotopic (exact) mass is 276 g/mol. The van der Waals surface area contributed by atoms with Crippen molar-refractivity contribution in [2.75, 3.05) is 7.11 Å². The quantitative estimate of drug-likeness (QED) is 0.873. The molecule has 102 valence electrons. The number of thiazole rings is 1. The number of benzene rings is 1. The van der Waals surface area contributed by atoms with Crippen LogP contribution in [0.25, 0.3) is 10.6 Å². The maximum absolute atomic E-state index is 5.24. The fourth-order valence-corrected chi connectivity index (χ4v) is 2.56. The molecule has 1 aromatic heterocycles. The van der Waals surface area contributed by atoms with Gasteiger partial charge in [0.15, 0.2) is 0 Å². The van der Waals surface area contributed by atoms with Gasteiger partial charge in [-0.25, -0.2) is 4.98 Å². The summed E-state index contributed by atoms with van der Waals surface area (Å²) in [7, 11) is 1.68. The number of rotatable bonds is 6. The molecule has 1 N–H and O–H groups in total. The summed E-state index contributed by atoms with van der Waals surface area (Å²) in [5.74, 6) is 0.868. The van der Waals surface area contributed by atoms with Crippen molar-refractivity contribution in [3.8, 4) is 16.3 Å². The zero-order chi connectivity index (χ0) is 13.7. The molecule has 1 unspecified atom stereocenters. The summed E-state index contributed by atoms with van der Waals surface area (Å²) in [6, 6.07) is 8.56. The Morgan fingerprint density at radius 1 is 1.42 bits per heavy atom. The molecular weight excluding hydrogens is 256 g/mol. The van der Waals surface area contributed by atoms with Gasteiger partial charge in [0.25, 0.3) is 0 Å². The molecule has 2 rings (SSSR count). The normalized spacial score (nSPS) is 12.4. The fourth-order valence-electron chi connectivity index (χ4n) is 1.70. The van der Waals surface area contributed by atoms with Crippen molar-refractivity contribution in [3.05, 3.63) is 35.3 Å². The van der Waals surface area contributed by atoms with E-state index >= 15 is 0 Å². The molecule has 0 spiro atoms. The summed E-state index contributed by atoms with van der Waals surface area (Å²) in [6.45, 7) is 5.27. The van der Waals surface area contributed by atoms with Crippen LogP contribution in [-0.2, 0) is 6.54 Å². The van der Waals surface area contributed by atoms with Gasteiger partial charge in [0.2, 0.25) is 0 Å². The van der Waals surface area contributed by atoms with Crippen molar-refractivity contribution >= 4 is 11.3 Å². The first-order valence-corrected chi connectivity index (χ1v) is 7.37. The van der Waals surface area contributed by atoms with Crippen LogP contribution in [0, 0.1) is 0 Å². The van der Waals surface area contributed by atoms with Crippen LogP contribution in [0.4, 0.5) is 0 Å². The first-order valence-electron chi connectivity index (χ1n) is 6.55. The molecule has 4 heteroatoms. The van der Waals surface area contributed by atoms with Gasteiger partial charge in [-0.2, -0.15) is 0 Å². The predicted octanol–water partition coefficient (Wildman–Crippen LogP) is 3.71. The van der Waals surface area contributed by atoms with Gasteiger partial charge in [-0.15, -0.1) is 11.3 Å². The Hall–Kier alpha value is -1.39. The molecule has 1 aromatic carbocycles. The molecule has 19 heavy (non-hydrogen) atoms. The van der Waals surface area contributed by atoms with Crippen molar-refractivity contribution in [2.24, 2.45) is 0 Å². The number of nitrogens with one attached hydrogen (secondary N) is 1. The van der Waals surface area contributed by atoms with Crippen LogP contribution in [0.3, 0.4) is 0 Å². The molecule has 0 fully saturated rings. The second-order valence-corrected chi connectivity index (χ2v) is 5.67. The van der Waals surface area contributed by atoms with E-state index in [1.54, 1.807) is 18.4 Å². The minimum absolute atomic E-state index is 0.544. The molecule has 0 saturated carbocycles. The first kappa shape index (κ1) is 14.0. The molecule has 1 atom stereocenters. The maximum atomic E-state index is 5.24. The summed E-state index contributed by atoms with van der Waals surface area (Å²) < 4.78 is 5.24. The number of aromatic nitrogens is 1. The van der Waals surface area contributed by atoms with E-state index in [-0.39, 0.29) is 0 Å². The molecule has 3 nitrogen and oxygen atoms in total. The first-order chi connectivity index (χ1) is 9.22. The summed E-state index contributed by atoms with van der Waals surface area (Å²) in [6.07, 6.45) is 3.09. The Balaban J connectivity index is 2.07. The lowest BCUT2D eigenvalue weighted by Crippen LogP contribution is -2.23. The number of methoxy groups -OCH3 is 1. The zero-order valence-electron chi connectivity index (χ0n) is 11.6. The average Bonchev–Trinajstić information content (AvgIpc) is 2.93. The van der Waals surface area contributed by atoms with Crippen LogP contribution in [0.1, 0.15) is 25.1 Å². The standard InChI is InChI=1S/C15H20N2OS/c1-4-11(2)16-9-14-10-17-15(19-14)12-6-5-7-13(8-12)18-3/h5-8,10-11,16H,4,9H2,1-3H3. The summed E-state index contributed by atoms with van der Waals surface area (Å²) >= 11 is 1.73. The lowest BCUT2D eigenvalue weighted by Gasteiger charge is -2.08. The van der Waals surface area contributed by atoms with Gasteiger partial charge < -0.3 is 10.1 Å². The topological polar surface area (TPSA) is 34.2 Å². The Morgan fingerprint density at radius 3 is 3.00 bits per heavy atom. The lowest BCUT2D eigenvalue weighted by molar-refractivity contribution is 0.415. The van der Waals surface area contributed by atoms with Gasteiger partial charge in [0, 0.05) is 29.2 Å². The third-order valence-electron chi connectivity index (χ3n) is 3.11. The fraction of sp³-hybridized carbons (Fsp3) is 0.400. The van der Waals surface area contributed by atoms with Crippen molar-refractivity contribution in [2.45, 2.75) is 32.9 Å². The molecule has 0 saturated heterocycles. The van der Waals surface area contributed by atoms with E-state index in [1.807, 2.05) is 24.4 Å². The summed E-state index contributed by atoms with van der Waals surface area (Å²) in [4.78, 5) is 5.75. The van der Waals surface area contributed by atoms with Crippen molar-refractivity contribution in [1.82, 2.24) is 10.3 Å². The van der Waals surface area contributed by atoms with Crippen molar-refractivity contribution < 1.29 is 4.74 Å². The van der Waals surface area contributed by atoms with Crippen molar-refractivity contribution in [3.63, 3.8) is 0 Å². The molecule has 2 aromatic rings. The van der Waals surface area contributed by atoms with E-state index in [0.29, 0.717) is 6.04 Å². The van der Waals surface area contributed by atoms with Gasteiger partial charge in [-0.3, -0.25) is 0 Å². The Bertz CT molecular complexity index is 524. The number of hydrogen-bond donors (Lipinski definition) is 1. The Morgan fingerprint density at radius 2 is 2.26 bits per heavy atom. The smallest absolute Gasteiger partial charge is 0.123 e. The van der Waals surface area contributed by atoms with Crippen LogP contribution in [0.15, 0.2) is 30.5 Å². The highest BCUT2D eigenvalue weighted by Gasteiger charge is 2.06. The molecule has 1 heterocycles. The number of ether oxygens (including phenoxy) is 1. The second-order valence-electron chi connectivity index (χ2n) is 4.55. The highest BCUT2D eigenvalue weighted by molar-refractivity contribution is 7.15. The zero-order valence-corrected chi connectivity index (χ0v) is 12.5. The molecule has 0 aliphatic carbocycles. The third kappa shape index (κ3) is 3.78. The molecule has 0 bridgehead atoms. The molecule has 0 aliphatic rings. The van der Waals surface area contributed by atoms with Gasteiger partial charge in [-0.1, -0.05) is 19.1 Å². The van der Waals surface area contributed by atoms with Crippen LogP contribution in [0.2, 0.25) is 0 Å². The van der Waals surface area contributed by atoms with Crippen LogP contribution in [-0.4, -0.2) is 18.1 Å². The summed E-state index contributed by atoms with van der Waals surface area (Å²) in [5.41, 5.74) is 1.11. The number of nitrogens with zero attached hydrogens (tertiary/aromatic N) is 1. The predicted molar refractivity (Wildman–Crippen MR) is 80.7 cm³/mol. The van der Waals surface area contributed by atoms with Crippen LogP contribution >= 0.6 is 11.3 Å². The van der Waals surface area contributed by atoms with E-state index in [0.717, 1.165) is 29.3 Å². The second kappa shape index (κ2) is 6.68. The average molecular weight is 276 g/mol. The van der Waals surface area contributed by atoms with E-state index < -0.39 is 0 Å². The van der Waals surface area contributed by atoms with E-state index in [4.69, 9.17) is 4.74 Å². The molecular formula is C15H20N2OS. The minimum Gasteiger partial charge on any atom is -0.497 e.